The van der Waals surface area contributed by atoms with Gasteiger partial charge in [-0.3, -0.25) is 9.69 Å². The van der Waals surface area contributed by atoms with E-state index in [9.17, 15) is 4.79 Å². The van der Waals surface area contributed by atoms with Gasteiger partial charge in [-0.1, -0.05) is 45.4 Å². The van der Waals surface area contributed by atoms with E-state index in [0.29, 0.717) is 6.42 Å². The van der Waals surface area contributed by atoms with Crippen molar-refractivity contribution >= 4 is 5.91 Å². The fourth-order valence-electron chi connectivity index (χ4n) is 2.62. The number of rotatable bonds is 11. The lowest BCUT2D eigenvalue weighted by molar-refractivity contribution is -0.121. The summed E-state index contributed by atoms with van der Waals surface area (Å²) < 4.78 is 0. The second-order valence-corrected chi connectivity index (χ2v) is 5.81. The van der Waals surface area contributed by atoms with Gasteiger partial charge in [-0.15, -0.1) is 0 Å². The molecule has 1 fully saturated rings. The Morgan fingerprint density at radius 3 is 2.40 bits per heavy atom. The average Bonchev–Trinajstić information content (AvgIpc) is 2.47. The fraction of sp³-hybridized carbons (Fsp3) is 0.938. The van der Waals surface area contributed by atoms with Gasteiger partial charge in [0.05, 0.1) is 0 Å². The van der Waals surface area contributed by atoms with Crippen molar-refractivity contribution in [3.05, 3.63) is 0 Å². The van der Waals surface area contributed by atoms with Gasteiger partial charge in [0.2, 0.25) is 5.91 Å². The minimum atomic E-state index is 0.230. The highest BCUT2D eigenvalue weighted by Crippen LogP contribution is 2.08. The number of nitrogens with zero attached hydrogens (tertiary/aromatic N) is 1. The largest absolute Gasteiger partial charge is 0.355 e. The van der Waals surface area contributed by atoms with Crippen LogP contribution in [0.3, 0.4) is 0 Å². The molecule has 2 N–H and O–H groups in total. The highest BCUT2D eigenvalue weighted by atomic mass is 16.1. The Bertz CT molecular complexity index is 240. The third-order valence-electron chi connectivity index (χ3n) is 3.97. The summed E-state index contributed by atoms with van der Waals surface area (Å²) in [5.41, 5.74) is 0. The molecule has 1 heterocycles. The SMILES string of the molecule is CCCCCCCCCC(=O)NCCN1CCNCC1. The monoisotopic (exact) mass is 283 g/mol. The molecule has 118 valence electrons. The molecule has 0 aliphatic carbocycles. The molecule has 4 nitrogen and oxygen atoms in total. The molecule has 0 aromatic rings. The number of hydrogen-bond donors (Lipinski definition) is 2. The first kappa shape index (κ1) is 17.4. The van der Waals surface area contributed by atoms with Crippen LogP contribution in [-0.4, -0.2) is 50.1 Å². The molecule has 0 saturated carbocycles. The highest BCUT2D eigenvalue weighted by molar-refractivity contribution is 5.75. The maximum absolute atomic E-state index is 11.7. The Morgan fingerprint density at radius 2 is 1.70 bits per heavy atom. The number of nitrogens with one attached hydrogen (secondary N) is 2. The molecule has 1 amide bonds. The van der Waals surface area contributed by atoms with Crippen LogP contribution in [0, 0.1) is 0 Å². The zero-order chi connectivity index (χ0) is 14.5. The van der Waals surface area contributed by atoms with E-state index >= 15 is 0 Å². The summed E-state index contributed by atoms with van der Waals surface area (Å²) in [6.45, 7) is 8.39. The van der Waals surface area contributed by atoms with Gasteiger partial charge in [0, 0.05) is 45.7 Å². The van der Waals surface area contributed by atoms with Gasteiger partial charge in [0.25, 0.3) is 0 Å². The van der Waals surface area contributed by atoms with Crippen molar-refractivity contribution in [2.24, 2.45) is 0 Å². The second-order valence-electron chi connectivity index (χ2n) is 5.81. The van der Waals surface area contributed by atoms with Crippen LogP contribution in [0.5, 0.6) is 0 Å². The van der Waals surface area contributed by atoms with Crippen molar-refractivity contribution < 1.29 is 4.79 Å². The van der Waals surface area contributed by atoms with Crippen LogP contribution in [0.4, 0.5) is 0 Å². The summed E-state index contributed by atoms with van der Waals surface area (Å²) in [5.74, 6) is 0.230. The third-order valence-corrected chi connectivity index (χ3v) is 3.97. The number of amides is 1. The molecule has 1 saturated heterocycles. The molecule has 0 aromatic heterocycles. The summed E-state index contributed by atoms with van der Waals surface area (Å²) in [5, 5.41) is 6.38. The maximum atomic E-state index is 11.7. The molecule has 0 atom stereocenters. The summed E-state index contributed by atoms with van der Waals surface area (Å²) in [7, 11) is 0. The van der Waals surface area contributed by atoms with Gasteiger partial charge in [0.15, 0.2) is 0 Å². The topological polar surface area (TPSA) is 44.4 Å². The first-order chi connectivity index (χ1) is 9.83. The molecule has 1 aliphatic rings. The van der Waals surface area contributed by atoms with Gasteiger partial charge >= 0.3 is 0 Å². The van der Waals surface area contributed by atoms with Crippen molar-refractivity contribution in [2.45, 2.75) is 58.3 Å². The third kappa shape index (κ3) is 9.32. The molecule has 0 bridgehead atoms. The van der Waals surface area contributed by atoms with Crippen LogP contribution in [0.1, 0.15) is 58.3 Å². The highest BCUT2D eigenvalue weighted by Gasteiger charge is 2.09. The van der Waals surface area contributed by atoms with Crippen LogP contribution in [0.2, 0.25) is 0 Å². The molecule has 0 spiro atoms. The molecule has 1 rings (SSSR count). The van der Waals surface area contributed by atoms with Gasteiger partial charge in [-0.2, -0.15) is 0 Å². The first-order valence-corrected chi connectivity index (χ1v) is 8.52. The summed E-state index contributed by atoms with van der Waals surface area (Å²) >= 11 is 0. The van der Waals surface area contributed by atoms with Crippen molar-refractivity contribution in [2.75, 3.05) is 39.3 Å². The Labute approximate surface area is 124 Å². The van der Waals surface area contributed by atoms with E-state index in [1.165, 1.54) is 38.5 Å². The molecule has 0 unspecified atom stereocenters. The van der Waals surface area contributed by atoms with Crippen LogP contribution in [0.15, 0.2) is 0 Å². The second kappa shape index (κ2) is 12.2. The van der Waals surface area contributed by atoms with E-state index in [0.717, 1.165) is 45.7 Å². The molecule has 4 heteroatoms. The minimum absolute atomic E-state index is 0.230. The summed E-state index contributed by atoms with van der Waals surface area (Å²) in [6, 6.07) is 0. The Balaban J connectivity index is 1.85. The van der Waals surface area contributed by atoms with Crippen LogP contribution >= 0.6 is 0 Å². The first-order valence-electron chi connectivity index (χ1n) is 8.52. The van der Waals surface area contributed by atoms with Crippen molar-refractivity contribution in [1.82, 2.24) is 15.5 Å². The van der Waals surface area contributed by atoms with E-state index in [1.54, 1.807) is 0 Å². The summed E-state index contributed by atoms with van der Waals surface area (Å²) in [4.78, 5) is 14.1. The molecule has 20 heavy (non-hydrogen) atoms. The predicted octanol–water partition coefficient (Wildman–Crippen LogP) is 2.15. The Kier molecular flexibility index (Phi) is 10.6. The summed E-state index contributed by atoms with van der Waals surface area (Å²) in [6.07, 6.45) is 9.58. The van der Waals surface area contributed by atoms with Gasteiger partial charge in [0.1, 0.15) is 0 Å². The van der Waals surface area contributed by atoms with E-state index in [-0.39, 0.29) is 5.91 Å². The number of piperazine rings is 1. The number of hydrogen-bond acceptors (Lipinski definition) is 3. The quantitative estimate of drug-likeness (QED) is 0.571. The van der Waals surface area contributed by atoms with Crippen molar-refractivity contribution in [1.29, 1.82) is 0 Å². The molecular weight excluding hydrogens is 250 g/mol. The maximum Gasteiger partial charge on any atom is 0.220 e. The van der Waals surface area contributed by atoms with E-state index in [4.69, 9.17) is 0 Å². The zero-order valence-corrected chi connectivity index (χ0v) is 13.3. The Morgan fingerprint density at radius 1 is 1.05 bits per heavy atom. The average molecular weight is 283 g/mol. The van der Waals surface area contributed by atoms with E-state index in [1.807, 2.05) is 0 Å². The van der Waals surface area contributed by atoms with Crippen molar-refractivity contribution in [3.63, 3.8) is 0 Å². The minimum Gasteiger partial charge on any atom is -0.355 e. The molecule has 1 aliphatic heterocycles. The predicted molar refractivity (Wildman–Crippen MR) is 84.9 cm³/mol. The zero-order valence-electron chi connectivity index (χ0n) is 13.3. The van der Waals surface area contributed by atoms with Gasteiger partial charge in [-0.05, 0) is 6.42 Å². The van der Waals surface area contributed by atoms with Gasteiger partial charge < -0.3 is 10.6 Å². The lowest BCUT2D eigenvalue weighted by Crippen LogP contribution is -2.46. The Hall–Kier alpha value is -0.610. The van der Waals surface area contributed by atoms with E-state index in [2.05, 4.69) is 22.5 Å². The van der Waals surface area contributed by atoms with Gasteiger partial charge in [-0.25, -0.2) is 0 Å². The smallest absolute Gasteiger partial charge is 0.220 e. The number of unbranched alkanes of at least 4 members (excludes halogenated alkanes) is 6. The van der Waals surface area contributed by atoms with Crippen molar-refractivity contribution in [3.8, 4) is 0 Å². The molecular formula is C16H33N3O. The lowest BCUT2D eigenvalue weighted by Gasteiger charge is -2.27. The fourth-order valence-corrected chi connectivity index (χ4v) is 2.62. The molecule has 0 aromatic carbocycles. The van der Waals surface area contributed by atoms with Crippen LogP contribution in [-0.2, 0) is 4.79 Å². The van der Waals surface area contributed by atoms with Crippen LogP contribution < -0.4 is 10.6 Å². The van der Waals surface area contributed by atoms with Crippen LogP contribution in [0.25, 0.3) is 0 Å². The standard InChI is InChI=1S/C16H33N3O/c1-2-3-4-5-6-7-8-9-16(20)18-12-15-19-13-10-17-11-14-19/h17H,2-15H2,1H3,(H,18,20). The number of carbonyl (C=O) groups excluding carboxylic acids is 1. The lowest BCUT2D eigenvalue weighted by atomic mass is 10.1. The number of carbonyl (C=O) groups is 1. The van der Waals surface area contributed by atoms with E-state index < -0.39 is 0 Å². The normalized spacial score (nSPS) is 16.2. The molecule has 0 radical (unpaired) electrons.